The Bertz CT molecular complexity index is 709. The number of phenols is 1. The molecule has 23 heavy (non-hydrogen) atoms. The van der Waals surface area contributed by atoms with Crippen molar-refractivity contribution in [2.75, 3.05) is 7.11 Å². The lowest BCUT2D eigenvalue weighted by Crippen LogP contribution is -2.07. The van der Waals surface area contributed by atoms with Crippen molar-refractivity contribution in [1.29, 1.82) is 0 Å². The van der Waals surface area contributed by atoms with E-state index >= 15 is 0 Å². The Morgan fingerprint density at radius 1 is 0.957 bits per heavy atom. The first kappa shape index (κ1) is 18.3. The van der Waals surface area contributed by atoms with E-state index in [0.717, 1.165) is 12.1 Å². The molecule has 2 rings (SSSR count). The van der Waals surface area contributed by atoms with Crippen molar-refractivity contribution < 1.29 is 28.2 Å². The van der Waals surface area contributed by atoms with Gasteiger partial charge in [0.2, 0.25) is 0 Å². The first-order valence-corrected chi connectivity index (χ1v) is 6.85. The highest BCUT2D eigenvalue weighted by atomic mass is 19.2. The Morgan fingerprint density at radius 2 is 1.48 bits per heavy atom. The zero-order valence-corrected chi connectivity index (χ0v) is 12.9. The zero-order chi connectivity index (χ0) is 17.6. The highest BCUT2D eigenvalue weighted by Gasteiger charge is 2.21. The van der Waals surface area contributed by atoms with Gasteiger partial charge in [-0.25, -0.2) is 13.6 Å². The first-order chi connectivity index (χ1) is 11.0. The van der Waals surface area contributed by atoms with Crippen LogP contribution in [0, 0.1) is 11.6 Å². The molecule has 0 saturated heterocycles. The van der Waals surface area contributed by atoms with Crippen LogP contribution in [0.3, 0.4) is 0 Å². The Balaban J connectivity index is 0.00000127. The molecule has 0 atom stereocenters. The molecule has 0 saturated carbocycles. The van der Waals surface area contributed by atoms with Gasteiger partial charge in [-0.1, -0.05) is 26.0 Å². The predicted molar refractivity (Wildman–Crippen MR) is 80.6 cm³/mol. The lowest BCUT2D eigenvalue weighted by molar-refractivity contribution is 0.0600. The second-order valence-electron chi connectivity index (χ2n) is 4.15. The number of halogens is 2. The molecule has 0 bridgehead atoms. The summed E-state index contributed by atoms with van der Waals surface area (Å²) in [7, 11) is 1.21. The van der Waals surface area contributed by atoms with Crippen molar-refractivity contribution in [3.05, 3.63) is 64.7 Å². The third-order valence-corrected chi connectivity index (χ3v) is 2.87. The maximum absolute atomic E-state index is 13.6. The van der Waals surface area contributed by atoms with Crippen LogP contribution in [-0.2, 0) is 4.74 Å². The van der Waals surface area contributed by atoms with E-state index < -0.39 is 34.7 Å². The maximum Gasteiger partial charge on any atom is 0.337 e. The number of esters is 1. The average Bonchev–Trinajstić information content (AvgIpc) is 2.59. The number of rotatable bonds is 3. The van der Waals surface area contributed by atoms with Crippen LogP contribution in [0.2, 0.25) is 0 Å². The van der Waals surface area contributed by atoms with Gasteiger partial charge in [-0.3, -0.25) is 4.79 Å². The highest BCUT2D eigenvalue weighted by molar-refractivity contribution is 6.11. The predicted octanol–water partition coefficient (Wildman–Crippen LogP) is 3.71. The van der Waals surface area contributed by atoms with E-state index in [1.165, 1.54) is 31.4 Å². The number of ketones is 1. The topological polar surface area (TPSA) is 63.6 Å². The van der Waals surface area contributed by atoms with Crippen molar-refractivity contribution in [2.24, 2.45) is 0 Å². The minimum atomic E-state index is -1.42. The normalized spacial score (nSPS) is 9.61. The Hall–Kier alpha value is -2.76. The number of carbonyl (C=O) groups is 2. The molecule has 0 aliphatic heterocycles. The van der Waals surface area contributed by atoms with Gasteiger partial charge in [-0.15, -0.1) is 0 Å². The molecule has 0 spiro atoms. The Labute approximate surface area is 132 Å². The van der Waals surface area contributed by atoms with Gasteiger partial charge < -0.3 is 9.84 Å². The molecule has 0 heterocycles. The lowest BCUT2D eigenvalue weighted by Gasteiger charge is -2.06. The van der Waals surface area contributed by atoms with Gasteiger partial charge in [0.25, 0.3) is 0 Å². The second kappa shape index (κ2) is 8.03. The van der Waals surface area contributed by atoms with Gasteiger partial charge in [-0.05, 0) is 24.3 Å². The molecule has 0 aliphatic rings. The third kappa shape index (κ3) is 3.91. The molecule has 0 unspecified atom stereocenters. The number of ether oxygens (including phenoxy) is 1. The standard InChI is InChI=1S/C15H10F2O4.C2H6/c1-21-15(20)9-4-2-8(3-5-9)14(19)12-11(18)7-6-10(16)13(12)17;1-2/h2-7,18H,1H3;1-2H3. The summed E-state index contributed by atoms with van der Waals surface area (Å²) in [6.07, 6.45) is 0. The van der Waals surface area contributed by atoms with Crippen molar-refractivity contribution in [2.45, 2.75) is 13.8 Å². The van der Waals surface area contributed by atoms with E-state index in [-0.39, 0.29) is 11.1 Å². The van der Waals surface area contributed by atoms with E-state index in [1.807, 2.05) is 13.8 Å². The summed E-state index contributed by atoms with van der Waals surface area (Å²) in [5, 5.41) is 9.53. The van der Waals surface area contributed by atoms with Crippen LogP contribution in [0.5, 0.6) is 5.75 Å². The highest BCUT2D eigenvalue weighted by Crippen LogP contribution is 2.25. The number of carbonyl (C=O) groups excluding carboxylic acids is 2. The van der Waals surface area contributed by atoms with Crippen LogP contribution < -0.4 is 0 Å². The smallest absolute Gasteiger partial charge is 0.337 e. The minimum absolute atomic E-state index is 0.00227. The fraction of sp³-hybridized carbons (Fsp3) is 0.176. The van der Waals surface area contributed by atoms with Crippen molar-refractivity contribution in [1.82, 2.24) is 0 Å². The van der Waals surface area contributed by atoms with Gasteiger partial charge in [0.1, 0.15) is 11.3 Å². The average molecular weight is 322 g/mol. The van der Waals surface area contributed by atoms with Gasteiger partial charge in [0.15, 0.2) is 17.4 Å². The van der Waals surface area contributed by atoms with Gasteiger partial charge in [0, 0.05) is 5.56 Å². The van der Waals surface area contributed by atoms with Crippen molar-refractivity contribution in [3.8, 4) is 5.75 Å². The molecule has 0 radical (unpaired) electrons. The van der Waals surface area contributed by atoms with E-state index in [1.54, 1.807) is 0 Å². The monoisotopic (exact) mass is 322 g/mol. The summed E-state index contributed by atoms with van der Waals surface area (Å²) < 4.78 is 31.3. The summed E-state index contributed by atoms with van der Waals surface area (Å²) >= 11 is 0. The fourth-order valence-electron chi connectivity index (χ4n) is 1.78. The molecular formula is C17H16F2O4. The molecule has 0 aliphatic carbocycles. The van der Waals surface area contributed by atoms with E-state index in [4.69, 9.17) is 0 Å². The number of methoxy groups -OCH3 is 1. The summed E-state index contributed by atoms with van der Waals surface area (Å²) in [5.41, 5.74) is -0.541. The summed E-state index contributed by atoms with van der Waals surface area (Å²) in [6.45, 7) is 4.00. The van der Waals surface area contributed by atoms with Crippen LogP contribution >= 0.6 is 0 Å². The van der Waals surface area contributed by atoms with Gasteiger partial charge >= 0.3 is 5.97 Å². The molecule has 2 aromatic rings. The zero-order valence-electron chi connectivity index (χ0n) is 12.9. The molecule has 0 aromatic heterocycles. The minimum Gasteiger partial charge on any atom is -0.507 e. The van der Waals surface area contributed by atoms with Crippen LogP contribution in [-0.4, -0.2) is 24.0 Å². The SMILES string of the molecule is CC.COC(=O)c1ccc(C(=O)c2c(O)ccc(F)c2F)cc1. The maximum atomic E-state index is 13.6. The molecule has 0 amide bonds. The number of phenolic OH excluding ortho intramolecular Hbond substituents is 1. The number of hydrogen-bond acceptors (Lipinski definition) is 4. The molecule has 6 heteroatoms. The number of benzene rings is 2. The molecule has 2 aromatic carbocycles. The van der Waals surface area contributed by atoms with E-state index in [2.05, 4.69) is 4.74 Å². The molecule has 1 N–H and O–H groups in total. The molecular weight excluding hydrogens is 306 g/mol. The van der Waals surface area contributed by atoms with Crippen molar-refractivity contribution >= 4 is 11.8 Å². The lowest BCUT2D eigenvalue weighted by atomic mass is 10.0. The molecule has 0 fully saturated rings. The number of aromatic hydroxyl groups is 1. The third-order valence-electron chi connectivity index (χ3n) is 2.87. The van der Waals surface area contributed by atoms with Crippen LogP contribution in [0.25, 0.3) is 0 Å². The number of hydrogen-bond donors (Lipinski definition) is 1. The van der Waals surface area contributed by atoms with Gasteiger partial charge in [-0.2, -0.15) is 0 Å². The van der Waals surface area contributed by atoms with Gasteiger partial charge in [0.05, 0.1) is 12.7 Å². The summed E-state index contributed by atoms with van der Waals surface area (Å²) in [5.74, 6) is -4.79. The molecule has 4 nitrogen and oxygen atoms in total. The van der Waals surface area contributed by atoms with E-state index in [9.17, 15) is 23.5 Å². The van der Waals surface area contributed by atoms with Crippen LogP contribution in [0.4, 0.5) is 8.78 Å². The quantitative estimate of drug-likeness (QED) is 0.691. The largest absolute Gasteiger partial charge is 0.507 e. The van der Waals surface area contributed by atoms with Crippen LogP contribution in [0.15, 0.2) is 36.4 Å². The first-order valence-electron chi connectivity index (χ1n) is 6.85. The Morgan fingerprint density at radius 3 is 2.00 bits per heavy atom. The van der Waals surface area contributed by atoms with E-state index in [0.29, 0.717) is 0 Å². The van der Waals surface area contributed by atoms with Crippen LogP contribution in [0.1, 0.15) is 40.1 Å². The molecule has 122 valence electrons. The second-order valence-corrected chi connectivity index (χ2v) is 4.15. The summed E-state index contributed by atoms with van der Waals surface area (Å²) in [6, 6.07) is 6.77. The fourth-order valence-corrected chi connectivity index (χ4v) is 1.78. The Kier molecular flexibility index (Phi) is 6.38. The van der Waals surface area contributed by atoms with Crippen molar-refractivity contribution in [3.63, 3.8) is 0 Å². The summed E-state index contributed by atoms with van der Waals surface area (Å²) in [4.78, 5) is 23.4.